The average Bonchev–Trinajstić information content (AvgIpc) is 2.75. The lowest BCUT2D eigenvalue weighted by molar-refractivity contribution is 0.556. The molecule has 2 fully saturated rings. The maximum atomic E-state index is 6.06. The summed E-state index contributed by atoms with van der Waals surface area (Å²) in [4.78, 5) is 18.7. The Morgan fingerprint density at radius 3 is 2.00 bits per heavy atom. The van der Waals surface area contributed by atoms with Gasteiger partial charge in [0.05, 0.1) is 0 Å². The SMILES string of the molecule is Clc1cccc(CNNc2nc(N3CCCCC3)nc(N3CCCCC3)n2)c1. The Morgan fingerprint density at radius 1 is 0.821 bits per heavy atom. The van der Waals surface area contributed by atoms with Gasteiger partial charge in [-0.1, -0.05) is 23.7 Å². The molecule has 8 heteroatoms. The predicted molar refractivity (Wildman–Crippen MR) is 114 cm³/mol. The lowest BCUT2D eigenvalue weighted by Gasteiger charge is -2.30. The first-order valence-corrected chi connectivity index (χ1v) is 10.6. The highest BCUT2D eigenvalue weighted by Gasteiger charge is 2.20. The lowest BCUT2D eigenvalue weighted by Crippen LogP contribution is -2.35. The smallest absolute Gasteiger partial charge is 0.243 e. The molecule has 4 rings (SSSR count). The summed E-state index contributed by atoms with van der Waals surface area (Å²) in [5, 5.41) is 0.735. The highest BCUT2D eigenvalue weighted by atomic mass is 35.5. The molecule has 0 aliphatic carbocycles. The summed E-state index contributed by atoms with van der Waals surface area (Å²) < 4.78 is 0. The Kier molecular flexibility index (Phi) is 6.44. The predicted octanol–water partition coefficient (Wildman–Crippen LogP) is 3.62. The van der Waals surface area contributed by atoms with Crippen LogP contribution in [-0.4, -0.2) is 41.1 Å². The number of halogens is 1. The van der Waals surface area contributed by atoms with Gasteiger partial charge < -0.3 is 9.80 Å². The topological polar surface area (TPSA) is 69.2 Å². The van der Waals surface area contributed by atoms with E-state index in [2.05, 4.69) is 30.6 Å². The molecular weight excluding hydrogens is 374 g/mol. The number of benzene rings is 1. The minimum Gasteiger partial charge on any atom is -0.341 e. The summed E-state index contributed by atoms with van der Waals surface area (Å²) in [5.41, 5.74) is 7.47. The lowest BCUT2D eigenvalue weighted by atomic mass is 10.1. The van der Waals surface area contributed by atoms with Gasteiger partial charge in [0, 0.05) is 37.7 Å². The Balaban J connectivity index is 1.49. The largest absolute Gasteiger partial charge is 0.341 e. The summed E-state index contributed by atoms with van der Waals surface area (Å²) >= 11 is 6.06. The molecule has 2 aliphatic heterocycles. The van der Waals surface area contributed by atoms with Gasteiger partial charge in [-0.05, 0) is 56.2 Å². The van der Waals surface area contributed by atoms with Crippen LogP contribution >= 0.6 is 11.6 Å². The van der Waals surface area contributed by atoms with Crippen LogP contribution in [0, 0.1) is 0 Å². The Labute approximate surface area is 171 Å². The zero-order chi connectivity index (χ0) is 19.2. The van der Waals surface area contributed by atoms with Gasteiger partial charge in [-0.25, -0.2) is 5.43 Å². The summed E-state index contributed by atoms with van der Waals surface area (Å²) in [5.74, 6) is 2.13. The maximum absolute atomic E-state index is 6.06. The number of hydrogen-bond acceptors (Lipinski definition) is 7. The van der Waals surface area contributed by atoms with Crippen LogP contribution < -0.4 is 20.7 Å². The van der Waals surface area contributed by atoms with Gasteiger partial charge in [0.15, 0.2) is 0 Å². The Bertz CT molecular complexity index is 737. The van der Waals surface area contributed by atoms with Crippen LogP contribution in [0.3, 0.4) is 0 Å². The van der Waals surface area contributed by atoms with Crippen molar-refractivity contribution in [2.75, 3.05) is 41.4 Å². The van der Waals surface area contributed by atoms with Crippen LogP contribution in [0.1, 0.15) is 44.1 Å². The second-order valence-corrected chi connectivity index (χ2v) is 7.90. The summed E-state index contributed by atoms with van der Waals surface area (Å²) in [6.45, 7) is 4.68. The van der Waals surface area contributed by atoms with E-state index < -0.39 is 0 Å². The minimum absolute atomic E-state index is 0.568. The van der Waals surface area contributed by atoms with Crippen molar-refractivity contribution in [1.29, 1.82) is 0 Å². The van der Waals surface area contributed by atoms with Crippen LogP contribution in [-0.2, 0) is 6.54 Å². The molecule has 150 valence electrons. The molecule has 7 nitrogen and oxygen atoms in total. The Morgan fingerprint density at radius 2 is 1.43 bits per heavy atom. The van der Waals surface area contributed by atoms with Gasteiger partial charge in [-0.15, -0.1) is 0 Å². The van der Waals surface area contributed by atoms with Crippen molar-refractivity contribution in [3.63, 3.8) is 0 Å². The van der Waals surface area contributed by atoms with Gasteiger partial charge in [-0.3, -0.25) is 5.43 Å². The third-order valence-corrected chi connectivity index (χ3v) is 5.51. The number of rotatable bonds is 6. The fraction of sp³-hybridized carbons (Fsp3) is 0.550. The molecule has 0 atom stereocenters. The van der Waals surface area contributed by atoms with E-state index in [0.29, 0.717) is 12.5 Å². The van der Waals surface area contributed by atoms with Crippen LogP contribution in [0.2, 0.25) is 5.02 Å². The number of hydrazine groups is 1. The molecule has 1 aromatic heterocycles. The first-order valence-electron chi connectivity index (χ1n) is 10.3. The highest BCUT2D eigenvalue weighted by molar-refractivity contribution is 6.30. The number of aromatic nitrogens is 3. The highest BCUT2D eigenvalue weighted by Crippen LogP contribution is 2.22. The van der Waals surface area contributed by atoms with Crippen molar-refractivity contribution < 1.29 is 0 Å². The average molecular weight is 402 g/mol. The minimum atomic E-state index is 0.568. The molecule has 2 aromatic rings. The number of nitrogens with one attached hydrogen (secondary N) is 2. The molecule has 0 amide bonds. The van der Waals surface area contributed by atoms with E-state index in [9.17, 15) is 0 Å². The number of nitrogens with zero attached hydrogens (tertiary/aromatic N) is 5. The molecule has 0 spiro atoms. The zero-order valence-corrected chi connectivity index (χ0v) is 17.0. The molecule has 28 heavy (non-hydrogen) atoms. The molecule has 0 radical (unpaired) electrons. The van der Waals surface area contributed by atoms with E-state index in [1.165, 1.54) is 38.5 Å². The monoisotopic (exact) mass is 401 g/mol. The van der Waals surface area contributed by atoms with E-state index in [1.807, 2.05) is 24.3 Å². The van der Waals surface area contributed by atoms with Crippen molar-refractivity contribution in [3.8, 4) is 0 Å². The van der Waals surface area contributed by atoms with Crippen LogP contribution in [0.5, 0.6) is 0 Å². The molecule has 2 aliphatic rings. The summed E-state index contributed by atoms with van der Waals surface area (Å²) in [6, 6.07) is 7.81. The van der Waals surface area contributed by atoms with Crippen LogP contribution in [0.25, 0.3) is 0 Å². The molecular formula is C20H28ClN7. The molecule has 3 heterocycles. The molecule has 2 N–H and O–H groups in total. The molecule has 0 unspecified atom stereocenters. The van der Waals surface area contributed by atoms with Gasteiger partial charge in [0.1, 0.15) is 0 Å². The van der Waals surface area contributed by atoms with E-state index in [1.54, 1.807) is 0 Å². The van der Waals surface area contributed by atoms with E-state index in [4.69, 9.17) is 16.6 Å². The van der Waals surface area contributed by atoms with Crippen molar-refractivity contribution >= 4 is 29.4 Å². The van der Waals surface area contributed by atoms with Crippen molar-refractivity contribution in [2.45, 2.75) is 45.1 Å². The first-order chi connectivity index (χ1) is 13.8. The number of anilines is 3. The van der Waals surface area contributed by atoms with Crippen LogP contribution in [0.4, 0.5) is 17.8 Å². The van der Waals surface area contributed by atoms with E-state index >= 15 is 0 Å². The number of piperidine rings is 2. The maximum Gasteiger partial charge on any atom is 0.243 e. The van der Waals surface area contributed by atoms with Gasteiger partial charge in [-0.2, -0.15) is 15.0 Å². The molecule has 2 saturated heterocycles. The quantitative estimate of drug-likeness (QED) is 0.716. The van der Waals surface area contributed by atoms with E-state index in [0.717, 1.165) is 48.7 Å². The molecule has 1 aromatic carbocycles. The third kappa shape index (κ3) is 5.02. The summed E-state index contributed by atoms with van der Waals surface area (Å²) in [7, 11) is 0. The van der Waals surface area contributed by atoms with Crippen molar-refractivity contribution in [2.24, 2.45) is 0 Å². The van der Waals surface area contributed by atoms with Crippen molar-refractivity contribution in [3.05, 3.63) is 34.9 Å². The number of hydrogen-bond donors (Lipinski definition) is 2. The molecule has 0 saturated carbocycles. The zero-order valence-electron chi connectivity index (χ0n) is 16.2. The first kappa shape index (κ1) is 19.2. The second kappa shape index (κ2) is 9.39. The van der Waals surface area contributed by atoms with E-state index in [-0.39, 0.29) is 0 Å². The van der Waals surface area contributed by atoms with Crippen molar-refractivity contribution in [1.82, 2.24) is 20.4 Å². The normalized spacial score (nSPS) is 17.6. The Hall–Kier alpha value is -2.12. The fourth-order valence-electron chi connectivity index (χ4n) is 3.75. The second-order valence-electron chi connectivity index (χ2n) is 7.46. The van der Waals surface area contributed by atoms with Crippen LogP contribution in [0.15, 0.2) is 24.3 Å². The third-order valence-electron chi connectivity index (χ3n) is 5.27. The van der Waals surface area contributed by atoms with Gasteiger partial charge >= 0.3 is 0 Å². The summed E-state index contributed by atoms with van der Waals surface area (Å²) in [6.07, 6.45) is 7.35. The standard InChI is InChI=1S/C20H28ClN7/c21-17-9-7-8-16(14-17)15-22-26-18-23-19(27-10-3-1-4-11-27)25-20(24-18)28-12-5-2-6-13-28/h7-9,14,22H,1-6,10-13,15H2,(H,23,24,25,26). The van der Waals surface area contributed by atoms with Gasteiger partial charge in [0.25, 0.3) is 0 Å². The fourth-order valence-corrected chi connectivity index (χ4v) is 3.97. The van der Waals surface area contributed by atoms with Gasteiger partial charge in [0.2, 0.25) is 17.8 Å². The molecule has 0 bridgehead atoms.